The molecule has 0 aromatic heterocycles. The topological polar surface area (TPSA) is 225 Å². The van der Waals surface area contributed by atoms with Crippen molar-refractivity contribution in [2.24, 2.45) is 17.8 Å². The summed E-state index contributed by atoms with van der Waals surface area (Å²) in [6.07, 6.45) is 32.2. The van der Waals surface area contributed by atoms with Gasteiger partial charge in [0.05, 0.1) is 13.2 Å². The van der Waals surface area contributed by atoms with Crippen LogP contribution in [-0.4, -0.2) is 115 Å². The van der Waals surface area contributed by atoms with Crippen LogP contribution in [0.5, 0.6) is 0 Å². The Morgan fingerprint density at radius 1 is 0.525 bits per heavy atom. The minimum absolute atomic E-state index is 0.158. The van der Waals surface area contributed by atoms with Gasteiger partial charge < -0.3 is 44.9 Å². The van der Waals surface area contributed by atoms with Gasteiger partial charge in [-0.25, -0.2) is 0 Å². The lowest BCUT2D eigenvalue weighted by Gasteiger charge is -2.42. The van der Waals surface area contributed by atoms with Crippen LogP contribution in [0, 0.1) is 17.8 Å². The summed E-state index contributed by atoms with van der Waals surface area (Å²) in [5, 5.41) is 36.5. The van der Waals surface area contributed by atoms with Crippen molar-refractivity contribution in [3.63, 3.8) is 0 Å². The highest BCUT2D eigenvalue weighted by molar-refractivity contribution is 7.33. The Balaban J connectivity index is 2.86. The van der Waals surface area contributed by atoms with Crippen molar-refractivity contribution < 1.29 is 67.1 Å². The first-order chi connectivity index (χ1) is 38.5. The predicted molar refractivity (Wildman–Crippen MR) is 319 cm³/mol. The first-order valence-corrected chi connectivity index (χ1v) is 33.5. The normalized spacial score (nSPS) is 18.4. The van der Waals surface area contributed by atoms with Gasteiger partial charge in [0.15, 0.2) is 12.4 Å². The first kappa shape index (κ1) is 75.7. The molecule has 0 spiro atoms. The Morgan fingerprint density at radius 2 is 0.925 bits per heavy atom. The fraction of sp³-hybridized carbons (Fsp3) is 0.937. The van der Waals surface area contributed by atoms with E-state index in [1.165, 1.54) is 155 Å². The van der Waals surface area contributed by atoms with Crippen LogP contribution in [0.4, 0.5) is 0 Å². The molecule has 1 rings (SSSR count). The molecule has 1 fully saturated rings. The molecule has 16 nitrogen and oxygen atoms in total. The van der Waals surface area contributed by atoms with E-state index in [1.807, 2.05) is 0 Å². The lowest BCUT2D eigenvalue weighted by atomic mass is 9.97. The molecule has 2 amide bonds. The molecule has 0 bridgehead atoms. The van der Waals surface area contributed by atoms with Crippen LogP contribution < -0.4 is 10.6 Å². The van der Waals surface area contributed by atoms with E-state index in [9.17, 15) is 39.1 Å². The number of ether oxygens (including phenoxy) is 4. The van der Waals surface area contributed by atoms with Crippen LogP contribution >= 0.6 is 8.25 Å². The van der Waals surface area contributed by atoms with E-state index in [0.717, 1.165) is 75.5 Å². The quantitative estimate of drug-likeness (QED) is 0.0217. The zero-order valence-corrected chi connectivity index (χ0v) is 52.6. The van der Waals surface area contributed by atoms with Gasteiger partial charge in [0.1, 0.15) is 37.6 Å². The number of hydrogen-bond acceptors (Lipinski definition) is 14. The summed E-state index contributed by atoms with van der Waals surface area (Å²) < 4.78 is 47.7. The van der Waals surface area contributed by atoms with Gasteiger partial charge in [-0.15, -0.1) is 9.05 Å². The molecule has 0 aromatic rings. The van der Waals surface area contributed by atoms with Crippen molar-refractivity contribution in [3.05, 3.63) is 0 Å². The maximum Gasteiger partial charge on any atom is 0.698 e. The number of rotatable bonds is 55. The lowest BCUT2D eigenvalue weighted by molar-refractivity contribution is -0.273. The van der Waals surface area contributed by atoms with Crippen molar-refractivity contribution in [1.29, 1.82) is 0 Å². The standard InChI is InChI=1S/C63H119N2O14P/c1-50(2)40-34-28-22-16-11-8-9-14-21-27-33-39-45-64-62(72)56(49-75-63-59(65-53(7)67)61(71)60(70)55(46-66)78-63)79-80(73)76-48-54(47-74-57(68)43-37-31-25-20-15-18-24-30-36-42-52(5)6)77-58(69)44-38-32-26-19-13-10-12-17-23-29-35-41-51(3)4/h50-52,54-56,59-61,63,66,70-71H,8-49H2,1-7H3,(H-,64,65,67,72)/p+1/t54-,55-,56-,59-,60-,61-,63+/m1/s1. The van der Waals surface area contributed by atoms with Crippen molar-refractivity contribution in [1.82, 2.24) is 10.6 Å². The summed E-state index contributed by atoms with van der Waals surface area (Å²) in [5.41, 5.74) is 0. The van der Waals surface area contributed by atoms with E-state index < -0.39 is 94.7 Å². The number of aliphatic hydroxyl groups excluding tert-OH is 3. The monoisotopic (exact) mass is 1160 g/mol. The summed E-state index contributed by atoms with van der Waals surface area (Å²) in [6.45, 7) is 13.1. The molecule has 1 aliphatic heterocycles. The van der Waals surface area contributed by atoms with E-state index >= 15 is 0 Å². The second-order valence-corrected chi connectivity index (χ2v) is 25.2. The number of unbranched alkanes of at least 4 members (excludes halogenated alkanes) is 29. The molecule has 5 N–H and O–H groups in total. The fourth-order valence-corrected chi connectivity index (χ4v) is 10.8. The number of carbonyl (C=O) groups excluding carboxylic acids is 4. The van der Waals surface area contributed by atoms with Gasteiger partial charge in [0.25, 0.3) is 5.91 Å². The van der Waals surface area contributed by atoms with E-state index in [0.29, 0.717) is 25.8 Å². The highest BCUT2D eigenvalue weighted by Gasteiger charge is 2.46. The van der Waals surface area contributed by atoms with Gasteiger partial charge in [-0.05, 0) is 37.0 Å². The van der Waals surface area contributed by atoms with Crippen LogP contribution in [-0.2, 0) is 51.7 Å². The van der Waals surface area contributed by atoms with Gasteiger partial charge in [0, 0.05) is 30.9 Å². The molecule has 1 unspecified atom stereocenters. The molecular weight excluding hydrogens is 1040 g/mol. The van der Waals surface area contributed by atoms with Gasteiger partial charge >= 0.3 is 20.2 Å². The summed E-state index contributed by atoms with van der Waals surface area (Å²) >= 11 is 0. The smallest absolute Gasteiger partial charge is 0.462 e. The molecule has 0 saturated carbocycles. The minimum Gasteiger partial charge on any atom is -0.462 e. The molecule has 0 aliphatic carbocycles. The first-order valence-electron chi connectivity index (χ1n) is 32.4. The largest absolute Gasteiger partial charge is 0.698 e. The summed E-state index contributed by atoms with van der Waals surface area (Å²) in [4.78, 5) is 51.8. The van der Waals surface area contributed by atoms with E-state index in [2.05, 4.69) is 52.2 Å². The molecule has 1 aliphatic rings. The highest BCUT2D eigenvalue weighted by atomic mass is 31.1. The molecule has 17 heteroatoms. The number of amides is 2. The number of hydrogen-bond donors (Lipinski definition) is 5. The summed E-state index contributed by atoms with van der Waals surface area (Å²) in [5.74, 6) is 0.140. The minimum atomic E-state index is -3.07. The van der Waals surface area contributed by atoms with Crippen molar-refractivity contribution in [2.75, 3.05) is 33.0 Å². The second-order valence-electron chi connectivity index (χ2n) is 24.3. The maximum absolute atomic E-state index is 13.7. The number of aliphatic hydroxyl groups is 3. The molecule has 470 valence electrons. The Hall–Kier alpha value is -2.30. The summed E-state index contributed by atoms with van der Waals surface area (Å²) in [6, 6.07) is -1.29. The van der Waals surface area contributed by atoms with Gasteiger partial charge in [-0.3, -0.25) is 19.2 Å². The Kier molecular flexibility index (Phi) is 48.4. The van der Waals surface area contributed by atoms with Gasteiger partial charge in [-0.1, -0.05) is 247 Å². The molecule has 1 heterocycles. The highest BCUT2D eigenvalue weighted by Crippen LogP contribution is 2.29. The third-order valence-electron chi connectivity index (χ3n) is 15.1. The van der Waals surface area contributed by atoms with Crippen LogP contribution in [0.15, 0.2) is 0 Å². The van der Waals surface area contributed by atoms with Gasteiger partial charge in [0.2, 0.25) is 12.0 Å². The van der Waals surface area contributed by atoms with Gasteiger partial charge in [-0.2, -0.15) is 0 Å². The Labute approximate surface area is 487 Å². The van der Waals surface area contributed by atoms with Crippen molar-refractivity contribution in [2.45, 2.75) is 329 Å². The van der Waals surface area contributed by atoms with Crippen LogP contribution in [0.1, 0.15) is 286 Å². The van der Waals surface area contributed by atoms with Crippen LogP contribution in [0.3, 0.4) is 0 Å². The molecule has 0 radical (unpaired) electrons. The van der Waals surface area contributed by atoms with Crippen molar-refractivity contribution >= 4 is 32.0 Å². The fourth-order valence-electron chi connectivity index (χ4n) is 10.1. The maximum atomic E-state index is 13.7. The Bertz CT molecular complexity index is 1540. The molecule has 8 atom stereocenters. The van der Waals surface area contributed by atoms with Crippen LogP contribution in [0.25, 0.3) is 0 Å². The zero-order chi connectivity index (χ0) is 59.0. The second kappa shape index (κ2) is 51.1. The zero-order valence-electron chi connectivity index (χ0n) is 51.8. The van der Waals surface area contributed by atoms with E-state index in [-0.39, 0.29) is 19.4 Å². The average Bonchev–Trinajstić information content (AvgIpc) is 3.42. The number of esters is 2. The molecule has 0 aromatic carbocycles. The SMILES string of the molecule is CC(=O)N[C@H]1[C@@H](OC[C@@H](O[P+](=O)OC[C@@H](COC(=O)CCCCCCCCCCCC(C)C)OC(=O)CCCCCCCCCCCCCC(C)C)C(=O)NCCCCCCCCCCCCCCC(C)C)O[C@H](CO)[C@@H](O)[C@@H]1O. The third kappa shape index (κ3) is 43.4. The molecule has 80 heavy (non-hydrogen) atoms. The van der Waals surface area contributed by atoms with E-state index in [4.69, 9.17) is 28.0 Å². The van der Waals surface area contributed by atoms with E-state index in [1.54, 1.807) is 0 Å². The van der Waals surface area contributed by atoms with Crippen molar-refractivity contribution in [3.8, 4) is 0 Å². The number of carbonyl (C=O) groups is 4. The molecule has 1 saturated heterocycles. The third-order valence-corrected chi connectivity index (χ3v) is 15.9. The van der Waals surface area contributed by atoms with Crippen LogP contribution in [0.2, 0.25) is 0 Å². The Morgan fingerprint density at radius 3 is 1.34 bits per heavy atom. The number of nitrogens with one attached hydrogen (secondary N) is 2. The average molecular weight is 1160 g/mol. The molecular formula is C63H120N2O14P+. The lowest BCUT2D eigenvalue weighted by Crippen LogP contribution is -2.64. The predicted octanol–water partition coefficient (Wildman–Crippen LogP) is 14.0. The summed E-state index contributed by atoms with van der Waals surface area (Å²) in [7, 11) is -3.07.